The van der Waals surface area contributed by atoms with Crippen molar-refractivity contribution >= 4 is 21.8 Å². The minimum Gasteiger partial charge on any atom is -0.352 e. The van der Waals surface area contributed by atoms with Crippen LogP contribution in [0.5, 0.6) is 0 Å². The number of hydrogen-bond acceptors (Lipinski definition) is 2. The van der Waals surface area contributed by atoms with Crippen molar-refractivity contribution in [2.75, 3.05) is 13.1 Å². The predicted molar refractivity (Wildman–Crippen MR) is 60.1 cm³/mol. The number of amides is 1. The highest BCUT2D eigenvalue weighted by molar-refractivity contribution is 9.10. The van der Waals surface area contributed by atoms with E-state index in [0.717, 1.165) is 0 Å². The lowest BCUT2D eigenvalue weighted by atomic mass is 10.2. The minimum atomic E-state index is -0.533. The zero-order valence-corrected chi connectivity index (χ0v) is 9.68. The second-order valence-electron chi connectivity index (χ2n) is 2.99. The molecule has 0 radical (unpaired) electrons. The molecule has 1 aromatic rings. The Hall–Kier alpha value is -0.940. The number of benzene rings is 1. The minimum absolute atomic E-state index is 0.0366. The molecule has 0 aliphatic rings. The number of carbonyl (C=O) groups excluding carboxylic acids is 1. The van der Waals surface area contributed by atoms with Crippen LogP contribution in [0.25, 0.3) is 0 Å². The first-order valence-electron chi connectivity index (χ1n) is 4.59. The van der Waals surface area contributed by atoms with E-state index in [1.165, 1.54) is 12.1 Å². The molecule has 0 bridgehead atoms. The quantitative estimate of drug-likeness (QED) is 0.821. The zero-order chi connectivity index (χ0) is 11.3. The third kappa shape index (κ3) is 3.28. The van der Waals surface area contributed by atoms with E-state index in [4.69, 9.17) is 5.73 Å². The fraction of sp³-hybridized carbons (Fsp3) is 0.300. The largest absolute Gasteiger partial charge is 0.352 e. The molecular formula is C10H12BrFN2O. The van der Waals surface area contributed by atoms with Crippen molar-refractivity contribution in [1.82, 2.24) is 5.32 Å². The summed E-state index contributed by atoms with van der Waals surface area (Å²) in [4.78, 5) is 11.5. The summed E-state index contributed by atoms with van der Waals surface area (Å²) in [5.41, 5.74) is 5.32. The third-order valence-corrected chi connectivity index (χ3v) is 2.52. The molecule has 3 N–H and O–H groups in total. The van der Waals surface area contributed by atoms with Crippen LogP contribution >= 0.6 is 15.9 Å². The van der Waals surface area contributed by atoms with Crippen LogP contribution in [0.3, 0.4) is 0 Å². The first-order chi connectivity index (χ1) is 7.16. The van der Waals surface area contributed by atoms with Gasteiger partial charge in [0.25, 0.3) is 5.91 Å². The van der Waals surface area contributed by atoms with E-state index in [-0.39, 0.29) is 5.56 Å². The second-order valence-corrected chi connectivity index (χ2v) is 3.85. The Labute approximate surface area is 96.0 Å². The van der Waals surface area contributed by atoms with E-state index >= 15 is 0 Å². The Balaban J connectivity index is 2.73. The van der Waals surface area contributed by atoms with Crippen LogP contribution in [0.15, 0.2) is 22.7 Å². The van der Waals surface area contributed by atoms with E-state index in [2.05, 4.69) is 21.2 Å². The van der Waals surface area contributed by atoms with E-state index in [0.29, 0.717) is 24.0 Å². The zero-order valence-electron chi connectivity index (χ0n) is 8.09. The van der Waals surface area contributed by atoms with Crippen LogP contribution in [0.2, 0.25) is 0 Å². The molecule has 0 aliphatic carbocycles. The van der Waals surface area contributed by atoms with Gasteiger partial charge in [-0.1, -0.05) is 6.07 Å². The molecule has 1 aromatic carbocycles. The summed E-state index contributed by atoms with van der Waals surface area (Å²) in [6.07, 6.45) is 0.678. The van der Waals surface area contributed by atoms with Crippen molar-refractivity contribution in [3.8, 4) is 0 Å². The first-order valence-corrected chi connectivity index (χ1v) is 5.38. The van der Waals surface area contributed by atoms with Crippen LogP contribution in [-0.4, -0.2) is 19.0 Å². The van der Waals surface area contributed by atoms with Gasteiger partial charge in [0.05, 0.1) is 5.56 Å². The second kappa shape index (κ2) is 5.82. The predicted octanol–water partition coefficient (Wildman–Crippen LogP) is 1.67. The van der Waals surface area contributed by atoms with E-state index in [1.807, 2.05) is 0 Å². The maximum Gasteiger partial charge on any atom is 0.255 e. The number of rotatable bonds is 4. The average Bonchev–Trinajstić information content (AvgIpc) is 2.18. The van der Waals surface area contributed by atoms with Gasteiger partial charge >= 0.3 is 0 Å². The van der Waals surface area contributed by atoms with Gasteiger partial charge < -0.3 is 11.1 Å². The van der Waals surface area contributed by atoms with Gasteiger partial charge in [0.2, 0.25) is 0 Å². The Morgan fingerprint density at radius 3 is 2.87 bits per heavy atom. The molecule has 0 aliphatic heterocycles. The topological polar surface area (TPSA) is 55.1 Å². The Morgan fingerprint density at radius 2 is 2.27 bits per heavy atom. The van der Waals surface area contributed by atoms with Crippen molar-refractivity contribution in [3.05, 3.63) is 34.1 Å². The van der Waals surface area contributed by atoms with Crippen LogP contribution in [0, 0.1) is 5.82 Å². The summed E-state index contributed by atoms with van der Waals surface area (Å²) in [6.45, 7) is 0.953. The normalized spacial score (nSPS) is 10.1. The maximum atomic E-state index is 13.3. The fourth-order valence-corrected chi connectivity index (χ4v) is 1.63. The van der Waals surface area contributed by atoms with Gasteiger partial charge in [-0.05, 0) is 41.0 Å². The van der Waals surface area contributed by atoms with Gasteiger partial charge in [0, 0.05) is 11.0 Å². The van der Waals surface area contributed by atoms with Crippen molar-refractivity contribution in [2.45, 2.75) is 6.42 Å². The molecule has 0 unspecified atom stereocenters. The van der Waals surface area contributed by atoms with Gasteiger partial charge in [-0.3, -0.25) is 4.79 Å². The number of halogens is 2. The molecule has 0 heterocycles. The SMILES string of the molecule is NCCCNC(=O)c1c(F)cccc1Br. The molecule has 15 heavy (non-hydrogen) atoms. The van der Waals surface area contributed by atoms with Crippen molar-refractivity contribution < 1.29 is 9.18 Å². The molecule has 5 heteroatoms. The van der Waals surface area contributed by atoms with Crippen LogP contribution in [0.1, 0.15) is 16.8 Å². The van der Waals surface area contributed by atoms with Crippen LogP contribution < -0.4 is 11.1 Å². The molecule has 0 saturated heterocycles. The highest BCUT2D eigenvalue weighted by Gasteiger charge is 2.14. The number of carbonyl (C=O) groups is 1. The lowest BCUT2D eigenvalue weighted by Gasteiger charge is -2.06. The van der Waals surface area contributed by atoms with Crippen molar-refractivity contribution in [1.29, 1.82) is 0 Å². The number of nitrogens with two attached hydrogens (primary N) is 1. The lowest BCUT2D eigenvalue weighted by Crippen LogP contribution is -2.27. The van der Waals surface area contributed by atoms with Gasteiger partial charge in [0.15, 0.2) is 0 Å². The summed E-state index contributed by atoms with van der Waals surface area (Å²) in [6, 6.07) is 4.42. The number of nitrogens with one attached hydrogen (secondary N) is 1. The molecule has 3 nitrogen and oxygen atoms in total. The summed E-state index contributed by atoms with van der Waals surface area (Å²) in [7, 11) is 0. The van der Waals surface area contributed by atoms with Gasteiger partial charge in [0.1, 0.15) is 5.82 Å². The number of hydrogen-bond donors (Lipinski definition) is 2. The van der Waals surface area contributed by atoms with Crippen molar-refractivity contribution in [3.63, 3.8) is 0 Å². The molecule has 82 valence electrons. The monoisotopic (exact) mass is 274 g/mol. The fourth-order valence-electron chi connectivity index (χ4n) is 1.11. The Bertz CT molecular complexity index is 337. The lowest BCUT2D eigenvalue weighted by molar-refractivity contribution is 0.0948. The first kappa shape index (κ1) is 12.1. The highest BCUT2D eigenvalue weighted by atomic mass is 79.9. The maximum absolute atomic E-state index is 13.3. The molecule has 0 aromatic heterocycles. The average molecular weight is 275 g/mol. The van der Waals surface area contributed by atoms with Gasteiger partial charge in [-0.25, -0.2) is 4.39 Å². The Kier molecular flexibility index (Phi) is 4.71. The van der Waals surface area contributed by atoms with E-state index < -0.39 is 11.7 Å². The molecular weight excluding hydrogens is 263 g/mol. The molecule has 0 spiro atoms. The molecule has 0 saturated carbocycles. The van der Waals surface area contributed by atoms with Gasteiger partial charge in [-0.15, -0.1) is 0 Å². The molecule has 0 atom stereocenters. The summed E-state index contributed by atoms with van der Waals surface area (Å²) >= 11 is 3.13. The summed E-state index contributed by atoms with van der Waals surface area (Å²) in [5.74, 6) is -0.956. The molecule has 0 fully saturated rings. The smallest absolute Gasteiger partial charge is 0.255 e. The standard InChI is InChI=1S/C10H12BrFN2O/c11-7-3-1-4-8(12)9(7)10(15)14-6-2-5-13/h1,3-4H,2,5-6,13H2,(H,14,15). The van der Waals surface area contributed by atoms with Gasteiger partial charge in [-0.2, -0.15) is 0 Å². The van der Waals surface area contributed by atoms with Crippen LogP contribution in [0.4, 0.5) is 4.39 Å². The molecule has 1 amide bonds. The summed E-state index contributed by atoms with van der Waals surface area (Å²) < 4.78 is 13.7. The Morgan fingerprint density at radius 1 is 1.53 bits per heavy atom. The highest BCUT2D eigenvalue weighted by Crippen LogP contribution is 2.19. The van der Waals surface area contributed by atoms with Crippen LogP contribution in [-0.2, 0) is 0 Å². The van der Waals surface area contributed by atoms with E-state index in [9.17, 15) is 9.18 Å². The third-order valence-electron chi connectivity index (χ3n) is 1.86. The van der Waals surface area contributed by atoms with Crippen molar-refractivity contribution in [2.24, 2.45) is 5.73 Å². The molecule has 1 rings (SSSR count). The summed E-state index contributed by atoms with van der Waals surface area (Å²) in [5, 5.41) is 2.59. The van der Waals surface area contributed by atoms with E-state index in [1.54, 1.807) is 6.07 Å².